The van der Waals surface area contributed by atoms with Crippen LogP contribution in [0.1, 0.15) is 24.9 Å². The lowest BCUT2D eigenvalue weighted by atomic mass is 10.0. The zero-order valence-corrected chi connectivity index (χ0v) is 13.0. The molecular weight excluding hydrogens is 312 g/mol. The van der Waals surface area contributed by atoms with E-state index in [0.717, 1.165) is 11.3 Å². The largest absolute Gasteiger partial charge is 0.434 e. The molecule has 124 valence electrons. The molecule has 0 aliphatic carbocycles. The highest BCUT2D eigenvalue weighted by Gasteiger charge is 2.36. The van der Waals surface area contributed by atoms with Gasteiger partial charge in [-0.2, -0.15) is 0 Å². The summed E-state index contributed by atoms with van der Waals surface area (Å²) in [5.41, 5.74) is 1.69. The van der Waals surface area contributed by atoms with E-state index in [4.69, 9.17) is 9.57 Å². The highest BCUT2D eigenvalue weighted by atomic mass is 16.8. The number of benzene rings is 2. The molecule has 7 nitrogen and oxygen atoms in total. The molecule has 2 atom stereocenters. The van der Waals surface area contributed by atoms with Gasteiger partial charge in [-0.05, 0) is 17.7 Å². The standard InChI is InChI=1S/C17H16N2O5/c1-12(20)23-17-11-16(13-7-9-15(10-8-13)19(21)22)18(24-17)14-5-3-2-4-6-14/h2-10,16-17H,11H2,1H3/t16-,17-/m1/s1. The first kappa shape index (κ1) is 15.9. The van der Waals surface area contributed by atoms with Crippen molar-refractivity contribution in [2.75, 3.05) is 5.06 Å². The first-order chi connectivity index (χ1) is 11.5. The molecule has 0 radical (unpaired) electrons. The number of hydrogen-bond donors (Lipinski definition) is 0. The van der Waals surface area contributed by atoms with E-state index in [1.165, 1.54) is 19.1 Å². The van der Waals surface area contributed by atoms with Gasteiger partial charge >= 0.3 is 5.97 Å². The van der Waals surface area contributed by atoms with Crippen LogP contribution in [0, 0.1) is 10.1 Å². The number of ether oxygens (including phenoxy) is 1. The summed E-state index contributed by atoms with van der Waals surface area (Å²) >= 11 is 0. The minimum atomic E-state index is -0.692. The van der Waals surface area contributed by atoms with Crippen molar-refractivity contribution in [3.05, 3.63) is 70.3 Å². The van der Waals surface area contributed by atoms with Crippen molar-refractivity contribution in [3.8, 4) is 0 Å². The Kier molecular flexibility index (Phi) is 4.43. The Morgan fingerprint density at radius 3 is 2.46 bits per heavy atom. The van der Waals surface area contributed by atoms with Gasteiger partial charge in [0.25, 0.3) is 5.69 Å². The average molecular weight is 328 g/mol. The van der Waals surface area contributed by atoms with Crippen molar-refractivity contribution in [3.63, 3.8) is 0 Å². The molecule has 0 amide bonds. The van der Waals surface area contributed by atoms with Gasteiger partial charge in [-0.15, -0.1) is 0 Å². The Labute approximate surface area is 138 Å². The summed E-state index contributed by atoms with van der Waals surface area (Å²) in [4.78, 5) is 27.3. The van der Waals surface area contributed by atoms with Crippen molar-refractivity contribution >= 4 is 17.3 Å². The quantitative estimate of drug-likeness (QED) is 0.486. The van der Waals surface area contributed by atoms with Crippen molar-refractivity contribution in [1.29, 1.82) is 0 Å². The summed E-state index contributed by atoms with van der Waals surface area (Å²) in [5, 5.41) is 12.5. The van der Waals surface area contributed by atoms with E-state index >= 15 is 0 Å². The number of anilines is 1. The fraction of sp³-hybridized carbons (Fsp3) is 0.235. The molecule has 7 heteroatoms. The molecule has 2 aromatic rings. The monoisotopic (exact) mass is 328 g/mol. The maximum absolute atomic E-state index is 11.2. The van der Waals surface area contributed by atoms with Crippen molar-refractivity contribution in [2.45, 2.75) is 25.7 Å². The van der Waals surface area contributed by atoms with E-state index < -0.39 is 17.2 Å². The van der Waals surface area contributed by atoms with Gasteiger partial charge in [0, 0.05) is 25.5 Å². The van der Waals surface area contributed by atoms with Crippen molar-refractivity contribution in [1.82, 2.24) is 0 Å². The van der Waals surface area contributed by atoms with Gasteiger partial charge in [0.05, 0.1) is 16.7 Å². The van der Waals surface area contributed by atoms with Gasteiger partial charge in [0.15, 0.2) is 0 Å². The third-order valence-electron chi connectivity index (χ3n) is 3.73. The number of rotatable bonds is 4. The second kappa shape index (κ2) is 6.67. The van der Waals surface area contributed by atoms with E-state index in [2.05, 4.69) is 0 Å². The first-order valence-corrected chi connectivity index (χ1v) is 7.47. The highest BCUT2D eigenvalue weighted by Crippen LogP contribution is 2.38. The average Bonchev–Trinajstić information content (AvgIpc) is 2.99. The molecule has 0 N–H and O–H groups in total. The molecule has 0 bridgehead atoms. The summed E-state index contributed by atoms with van der Waals surface area (Å²) in [6, 6.07) is 15.5. The molecule has 2 aromatic carbocycles. The summed E-state index contributed by atoms with van der Waals surface area (Å²) < 4.78 is 5.17. The van der Waals surface area contributed by atoms with E-state index in [0.29, 0.717) is 6.42 Å². The van der Waals surface area contributed by atoms with Gasteiger partial charge < -0.3 is 4.74 Å². The van der Waals surface area contributed by atoms with Crippen molar-refractivity contribution in [2.24, 2.45) is 0 Å². The Balaban J connectivity index is 1.89. The minimum absolute atomic E-state index is 0.0282. The van der Waals surface area contributed by atoms with Crippen LogP contribution in [0.4, 0.5) is 11.4 Å². The Hall–Kier alpha value is -2.93. The lowest BCUT2D eigenvalue weighted by Crippen LogP contribution is -2.23. The van der Waals surface area contributed by atoms with Crippen LogP contribution in [-0.4, -0.2) is 17.2 Å². The fourth-order valence-electron chi connectivity index (χ4n) is 2.68. The van der Waals surface area contributed by atoms with Gasteiger partial charge in [-0.1, -0.05) is 30.3 Å². The van der Waals surface area contributed by atoms with E-state index in [1.807, 2.05) is 30.3 Å². The van der Waals surface area contributed by atoms with Crippen LogP contribution in [0.5, 0.6) is 0 Å². The zero-order chi connectivity index (χ0) is 17.1. The van der Waals surface area contributed by atoms with Gasteiger partial charge in [0.1, 0.15) is 0 Å². The molecule has 1 heterocycles. The molecule has 1 saturated heterocycles. The van der Waals surface area contributed by atoms with Crippen LogP contribution in [0.25, 0.3) is 0 Å². The second-order valence-corrected chi connectivity index (χ2v) is 5.41. The lowest BCUT2D eigenvalue weighted by molar-refractivity contribution is -0.384. The number of hydrogen-bond acceptors (Lipinski definition) is 6. The number of esters is 1. The summed E-state index contributed by atoms with van der Waals surface area (Å²) in [6.45, 7) is 1.33. The maximum atomic E-state index is 11.2. The molecular formula is C17H16N2O5. The maximum Gasteiger partial charge on any atom is 0.305 e. The van der Waals surface area contributed by atoms with E-state index in [-0.39, 0.29) is 11.7 Å². The molecule has 1 fully saturated rings. The molecule has 0 aromatic heterocycles. The number of carbonyl (C=O) groups is 1. The third-order valence-corrected chi connectivity index (χ3v) is 3.73. The molecule has 1 aliphatic heterocycles. The Morgan fingerprint density at radius 1 is 1.21 bits per heavy atom. The van der Waals surface area contributed by atoms with Crippen LogP contribution in [0.15, 0.2) is 54.6 Å². The number of carbonyl (C=O) groups excluding carboxylic acids is 1. The van der Waals surface area contributed by atoms with Crippen LogP contribution >= 0.6 is 0 Å². The second-order valence-electron chi connectivity index (χ2n) is 5.41. The SMILES string of the molecule is CC(=O)O[C@H]1C[C@H](c2ccc([N+](=O)[O-])cc2)N(c2ccccc2)O1. The number of nitrogens with zero attached hydrogens (tertiary/aromatic N) is 2. The number of nitro benzene ring substituents is 1. The van der Waals surface area contributed by atoms with E-state index in [1.54, 1.807) is 17.2 Å². The van der Waals surface area contributed by atoms with E-state index in [9.17, 15) is 14.9 Å². The van der Waals surface area contributed by atoms with Crippen LogP contribution in [-0.2, 0) is 14.4 Å². The number of para-hydroxylation sites is 1. The van der Waals surface area contributed by atoms with Crippen molar-refractivity contribution < 1.29 is 19.3 Å². The van der Waals surface area contributed by atoms with Gasteiger partial charge in [-0.25, -0.2) is 9.90 Å². The van der Waals surface area contributed by atoms with Crippen LogP contribution in [0.3, 0.4) is 0 Å². The molecule has 3 rings (SSSR count). The van der Waals surface area contributed by atoms with Gasteiger partial charge in [0.2, 0.25) is 6.29 Å². The molecule has 0 saturated carbocycles. The van der Waals surface area contributed by atoms with Crippen LogP contribution in [0.2, 0.25) is 0 Å². The predicted molar refractivity (Wildman–Crippen MR) is 86.0 cm³/mol. The Bertz CT molecular complexity index is 732. The number of nitro groups is 1. The molecule has 1 aliphatic rings. The smallest absolute Gasteiger partial charge is 0.305 e. The fourth-order valence-corrected chi connectivity index (χ4v) is 2.68. The molecule has 24 heavy (non-hydrogen) atoms. The normalized spacial score (nSPS) is 20.0. The third kappa shape index (κ3) is 3.36. The molecule has 0 unspecified atom stereocenters. The first-order valence-electron chi connectivity index (χ1n) is 7.47. The number of non-ortho nitro benzene ring substituents is 1. The highest BCUT2D eigenvalue weighted by molar-refractivity contribution is 5.66. The number of hydroxylamine groups is 1. The summed E-state index contributed by atoms with van der Waals surface area (Å²) in [5.74, 6) is -0.419. The molecule has 0 spiro atoms. The summed E-state index contributed by atoms with van der Waals surface area (Å²) in [6.07, 6.45) is -0.255. The Morgan fingerprint density at radius 2 is 1.88 bits per heavy atom. The lowest BCUT2D eigenvalue weighted by Gasteiger charge is -2.24. The topological polar surface area (TPSA) is 81.9 Å². The predicted octanol–water partition coefficient (Wildman–Crippen LogP) is 3.37. The van der Waals surface area contributed by atoms with Gasteiger partial charge in [-0.3, -0.25) is 14.9 Å². The summed E-state index contributed by atoms with van der Waals surface area (Å²) in [7, 11) is 0. The zero-order valence-electron chi connectivity index (χ0n) is 13.0. The van der Waals surface area contributed by atoms with Crippen LogP contribution < -0.4 is 5.06 Å². The minimum Gasteiger partial charge on any atom is -0.434 e.